The summed E-state index contributed by atoms with van der Waals surface area (Å²) in [6, 6.07) is 1.85. The predicted molar refractivity (Wildman–Crippen MR) is 82.2 cm³/mol. The molecule has 2 N–H and O–H groups in total. The Kier molecular flexibility index (Phi) is 3.56. The Morgan fingerprint density at radius 2 is 2.10 bits per heavy atom. The molecule has 0 spiro atoms. The van der Waals surface area contributed by atoms with Crippen LogP contribution in [0.2, 0.25) is 0 Å². The molecule has 0 aromatic carbocycles. The molecule has 0 saturated heterocycles. The Morgan fingerprint density at radius 1 is 1.43 bits per heavy atom. The number of rotatable bonds is 1. The fourth-order valence-corrected chi connectivity index (χ4v) is 2.05. The fourth-order valence-electron chi connectivity index (χ4n) is 2.05. The van der Waals surface area contributed by atoms with Crippen molar-refractivity contribution in [3.63, 3.8) is 0 Å². The smallest absolute Gasteiger partial charge is 0.268 e. The minimum atomic E-state index is -0.588. The normalized spacial score (nSPS) is 16.1. The molecule has 0 amide bonds. The molecule has 0 aliphatic carbocycles. The van der Waals surface area contributed by atoms with Crippen LogP contribution in [0.25, 0.3) is 6.08 Å². The first-order chi connectivity index (χ1) is 9.74. The van der Waals surface area contributed by atoms with Gasteiger partial charge in [0, 0.05) is 11.8 Å². The lowest BCUT2D eigenvalue weighted by molar-refractivity contribution is 0.449. The molecule has 0 radical (unpaired) electrons. The van der Waals surface area contributed by atoms with E-state index in [9.17, 15) is 9.90 Å². The van der Waals surface area contributed by atoms with Gasteiger partial charge in [0.15, 0.2) is 5.88 Å². The summed E-state index contributed by atoms with van der Waals surface area (Å²) in [5, 5.41) is 18.9. The fraction of sp³-hybridized carbons (Fsp3) is 0.312. The summed E-state index contributed by atoms with van der Waals surface area (Å²) < 4.78 is 0. The second-order valence-corrected chi connectivity index (χ2v) is 6.01. The van der Waals surface area contributed by atoms with Crippen LogP contribution < -0.4 is 5.56 Å². The van der Waals surface area contributed by atoms with E-state index in [1.807, 2.05) is 12.1 Å². The van der Waals surface area contributed by atoms with Crippen molar-refractivity contribution in [2.45, 2.75) is 27.7 Å². The van der Waals surface area contributed by atoms with Crippen LogP contribution in [0, 0.1) is 23.7 Å². The van der Waals surface area contributed by atoms with Gasteiger partial charge in [-0.2, -0.15) is 5.26 Å². The molecular weight excluding hydrogens is 266 g/mol. The van der Waals surface area contributed by atoms with Crippen molar-refractivity contribution in [2.24, 2.45) is 10.4 Å². The maximum Gasteiger partial charge on any atom is 0.268 e. The molecule has 0 bridgehead atoms. The quantitative estimate of drug-likeness (QED) is 0.830. The number of hydrogen-bond donors (Lipinski definition) is 2. The number of nitrogens with zero attached hydrogens (tertiary/aromatic N) is 2. The number of aromatic hydroxyl groups is 1. The van der Waals surface area contributed by atoms with Crippen LogP contribution in [-0.2, 0) is 0 Å². The zero-order chi connectivity index (χ0) is 15.8. The standard InChI is InChI=1S/C16H17N3O2/c1-9-12(14(20)19-15(21)13(9)7-17)6-11-5-10(8-18-11)16(2,3)4/h5-6,8H,1-4H3,(H2,19,20,21)/b11-6+. The molecule has 1 aromatic rings. The Hall–Kier alpha value is -2.61. The van der Waals surface area contributed by atoms with E-state index in [2.05, 4.69) is 30.7 Å². The molecule has 0 unspecified atom stereocenters. The number of allylic oxidation sites excluding steroid dienone is 2. The average molecular weight is 283 g/mol. The van der Waals surface area contributed by atoms with Gasteiger partial charge in [-0.05, 0) is 35.6 Å². The van der Waals surface area contributed by atoms with Crippen LogP contribution in [0.1, 0.15) is 37.5 Å². The highest BCUT2D eigenvalue weighted by atomic mass is 16.3. The maximum atomic E-state index is 11.6. The lowest BCUT2D eigenvalue weighted by Gasteiger charge is -2.16. The van der Waals surface area contributed by atoms with E-state index >= 15 is 0 Å². The summed E-state index contributed by atoms with van der Waals surface area (Å²) in [6.45, 7) is 7.89. The van der Waals surface area contributed by atoms with E-state index in [0.29, 0.717) is 16.8 Å². The van der Waals surface area contributed by atoms with Gasteiger partial charge in [0.2, 0.25) is 0 Å². The summed E-state index contributed by atoms with van der Waals surface area (Å²) in [4.78, 5) is 18.1. The number of H-pyrrole nitrogens is 1. The lowest BCUT2D eigenvalue weighted by Crippen LogP contribution is -2.13. The molecule has 108 valence electrons. The molecular formula is C16H17N3O2. The number of aliphatic imine (C=N–C) groups is 1. The summed E-state index contributed by atoms with van der Waals surface area (Å²) in [7, 11) is 0. The first-order valence-corrected chi connectivity index (χ1v) is 6.58. The van der Waals surface area contributed by atoms with Crippen LogP contribution in [0.15, 0.2) is 27.1 Å². The Bertz CT molecular complexity index is 781. The van der Waals surface area contributed by atoms with Gasteiger partial charge in [-0.1, -0.05) is 20.8 Å². The summed E-state index contributed by atoms with van der Waals surface area (Å²) >= 11 is 0. The molecule has 2 rings (SSSR count). The van der Waals surface area contributed by atoms with E-state index in [1.165, 1.54) is 0 Å². The third kappa shape index (κ3) is 2.79. The molecule has 5 heteroatoms. The summed E-state index contributed by atoms with van der Waals surface area (Å²) in [5.41, 5.74) is 2.00. The Balaban J connectivity index is 2.55. The molecule has 1 aromatic heterocycles. The lowest BCUT2D eigenvalue weighted by atomic mass is 9.87. The molecule has 0 atom stereocenters. The molecule has 1 aliphatic rings. The van der Waals surface area contributed by atoms with Gasteiger partial charge in [0.1, 0.15) is 11.6 Å². The first-order valence-electron chi connectivity index (χ1n) is 6.58. The van der Waals surface area contributed by atoms with Gasteiger partial charge in [0.05, 0.1) is 5.70 Å². The second kappa shape index (κ2) is 5.06. The van der Waals surface area contributed by atoms with Gasteiger partial charge in [0.25, 0.3) is 5.56 Å². The third-order valence-electron chi connectivity index (χ3n) is 3.42. The molecule has 2 heterocycles. The molecule has 21 heavy (non-hydrogen) atoms. The largest absolute Gasteiger partial charge is 0.494 e. The van der Waals surface area contributed by atoms with Gasteiger partial charge in [-0.15, -0.1) is 0 Å². The average Bonchev–Trinajstić information content (AvgIpc) is 2.83. The van der Waals surface area contributed by atoms with Crippen molar-refractivity contribution in [1.82, 2.24) is 4.98 Å². The highest BCUT2D eigenvalue weighted by Gasteiger charge is 2.19. The van der Waals surface area contributed by atoms with Crippen molar-refractivity contribution in [1.29, 1.82) is 5.26 Å². The van der Waals surface area contributed by atoms with Crippen molar-refractivity contribution >= 4 is 12.3 Å². The number of nitrogens with one attached hydrogen (secondary N) is 1. The molecule has 0 fully saturated rings. The third-order valence-corrected chi connectivity index (χ3v) is 3.42. The highest BCUT2D eigenvalue weighted by Crippen LogP contribution is 2.30. The van der Waals surface area contributed by atoms with Crippen molar-refractivity contribution in [2.75, 3.05) is 0 Å². The van der Waals surface area contributed by atoms with E-state index in [0.717, 1.165) is 5.57 Å². The highest BCUT2D eigenvalue weighted by molar-refractivity contribution is 5.87. The second-order valence-electron chi connectivity index (χ2n) is 6.01. The van der Waals surface area contributed by atoms with Gasteiger partial charge >= 0.3 is 0 Å². The Morgan fingerprint density at radius 3 is 2.62 bits per heavy atom. The zero-order valence-corrected chi connectivity index (χ0v) is 12.5. The predicted octanol–water partition coefficient (Wildman–Crippen LogP) is 2.66. The van der Waals surface area contributed by atoms with Crippen molar-refractivity contribution in [3.8, 4) is 11.9 Å². The van der Waals surface area contributed by atoms with E-state index in [4.69, 9.17) is 5.26 Å². The molecule has 1 aliphatic heterocycles. The SMILES string of the molecule is Cc1c(/C=C2\C=C(C(C)(C)C)C=N2)c(O)[nH]c(=O)c1C#N. The van der Waals surface area contributed by atoms with E-state index < -0.39 is 5.56 Å². The van der Waals surface area contributed by atoms with Crippen LogP contribution in [0.4, 0.5) is 0 Å². The summed E-state index contributed by atoms with van der Waals surface area (Å²) in [6.07, 6.45) is 5.38. The number of aromatic nitrogens is 1. The Labute approximate surface area is 123 Å². The van der Waals surface area contributed by atoms with Crippen LogP contribution in [0.5, 0.6) is 5.88 Å². The van der Waals surface area contributed by atoms with E-state index in [1.54, 1.807) is 19.2 Å². The summed E-state index contributed by atoms with van der Waals surface area (Å²) in [5.74, 6) is -0.253. The zero-order valence-electron chi connectivity index (χ0n) is 12.5. The number of pyridine rings is 1. The molecule has 0 saturated carbocycles. The van der Waals surface area contributed by atoms with Gasteiger partial charge in [-0.3, -0.25) is 14.8 Å². The van der Waals surface area contributed by atoms with Crippen molar-refractivity contribution in [3.05, 3.63) is 44.4 Å². The number of aromatic amines is 1. The van der Waals surface area contributed by atoms with Crippen LogP contribution >= 0.6 is 0 Å². The maximum absolute atomic E-state index is 11.6. The minimum absolute atomic E-state index is 0.00153. The molecule has 5 nitrogen and oxygen atoms in total. The number of hydrogen-bond acceptors (Lipinski definition) is 4. The van der Waals surface area contributed by atoms with Gasteiger partial charge in [-0.25, -0.2) is 0 Å². The minimum Gasteiger partial charge on any atom is -0.494 e. The topological polar surface area (TPSA) is 89.2 Å². The first kappa shape index (κ1) is 14.8. The van der Waals surface area contributed by atoms with Crippen molar-refractivity contribution < 1.29 is 5.11 Å². The van der Waals surface area contributed by atoms with Gasteiger partial charge < -0.3 is 5.11 Å². The van der Waals surface area contributed by atoms with Crippen LogP contribution in [-0.4, -0.2) is 16.3 Å². The van der Waals surface area contributed by atoms with Crippen LogP contribution in [0.3, 0.4) is 0 Å². The van der Waals surface area contributed by atoms with E-state index in [-0.39, 0.29) is 16.9 Å². The monoisotopic (exact) mass is 283 g/mol. The number of nitriles is 1.